The molecule has 0 aliphatic carbocycles. The Balaban J connectivity index is 1.43. The number of carbonyl (C=O) groups is 1. The molecular formula is C24H30N2O2. The number of para-hydroxylation sites is 1. The van der Waals surface area contributed by atoms with Crippen LogP contribution in [0.2, 0.25) is 0 Å². The molecule has 4 nitrogen and oxygen atoms in total. The summed E-state index contributed by atoms with van der Waals surface area (Å²) in [6.07, 6.45) is 4.12. The van der Waals surface area contributed by atoms with Gasteiger partial charge in [0.2, 0.25) is 5.91 Å². The van der Waals surface area contributed by atoms with E-state index in [2.05, 4.69) is 35.2 Å². The minimum absolute atomic E-state index is 0.0144. The lowest BCUT2D eigenvalue weighted by Gasteiger charge is -2.25. The molecule has 0 radical (unpaired) electrons. The number of amides is 1. The number of likely N-dealkylation sites (tertiary alicyclic amines) is 1. The van der Waals surface area contributed by atoms with Crippen molar-refractivity contribution in [1.29, 1.82) is 0 Å². The zero-order valence-electron chi connectivity index (χ0n) is 16.8. The summed E-state index contributed by atoms with van der Waals surface area (Å²) in [6.45, 7) is 4.63. The number of hydrogen-bond acceptors (Lipinski definition) is 3. The average Bonchev–Trinajstić information content (AvgIpc) is 3.12. The van der Waals surface area contributed by atoms with E-state index in [0.717, 1.165) is 30.7 Å². The first-order chi connectivity index (χ1) is 13.7. The van der Waals surface area contributed by atoms with Crippen LogP contribution in [-0.2, 0) is 24.3 Å². The van der Waals surface area contributed by atoms with Gasteiger partial charge in [0.1, 0.15) is 5.75 Å². The molecule has 0 unspecified atom stereocenters. The maximum absolute atomic E-state index is 13.2. The van der Waals surface area contributed by atoms with Crippen molar-refractivity contribution >= 4 is 5.91 Å². The lowest BCUT2D eigenvalue weighted by molar-refractivity contribution is -0.135. The lowest BCUT2D eigenvalue weighted by atomic mass is 9.95. The highest BCUT2D eigenvalue weighted by Gasteiger charge is 2.26. The molecule has 148 valence electrons. The van der Waals surface area contributed by atoms with Crippen molar-refractivity contribution < 1.29 is 9.53 Å². The van der Waals surface area contributed by atoms with Gasteiger partial charge in [-0.15, -0.1) is 0 Å². The average molecular weight is 379 g/mol. The number of rotatable bonds is 5. The Morgan fingerprint density at radius 1 is 1.07 bits per heavy atom. The smallest absolute Gasteiger partial charge is 0.226 e. The van der Waals surface area contributed by atoms with Crippen LogP contribution in [0.15, 0.2) is 48.5 Å². The van der Waals surface area contributed by atoms with Crippen molar-refractivity contribution in [2.24, 2.45) is 5.92 Å². The summed E-state index contributed by atoms with van der Waals surface area (Å²) in [7, 11) is 1.94. The lowest BCUT2D eigenvalue weighted by Crippen LogP contribution is -2.34. The maximum Gasteiger partial charge on any atom is 0.226 e. The fourth-order valence-electron chi connectivity index (χ4n) is 4.40. The molecule has 0 N–H and O–H groups in total. The van der Waals surface area contributed by atoms with Gasteiger partial charge in [-0.05, 0) is 61.5 Å². The molecule has 0 bridgehead atoms. The van der Waals surface area contributed by atoms with Crippen molar-refractivity contribution in [3.05, 3.63) is 65.2 Å². The van der Waals surface area contributed by atoms with E-state index in [9.17, 15) is 4.79 Å². The molecule has 2 heterocycles. The Kier molecular flexibility index (Phi) is 5.96. The fraction of sp³-hybridized carbons (Fsp3) is 0.458. The predicted molar refractivity (Wildman–Crippen MR) is 111 cm³/mol. The van der Waals surface area contributed by atoms with Gasteiger partial charge in [0, 0.05) is 26.1 Å². The van der Waals surface area contributed by atoms with Crippen LogP contribution in [0.3, 0.4) is 0 Å². The molecule has 0 aromatic heterocycles. The van der Waals surface area contributed by atoms with Gasteiger partial charge < -0.3 is 9.64 Å². The molecule has 4 rings (SSSR count). The quantitative estimate of drug-likeness (QED) is 0.791. The Morgan fingerprint density at radius 2 is 1.79 bits per heavy atom. The molecule has 2 aliphatic rings. The first kappa shape index (κ1) is 19.0. The topological polar surface area (TPSA) is 32.8 Å². The largest absolute Gasteiger partial charge is 0.493 e. The summed E-state index contributed by atoms with van der Waals surface area (Å²) in [6, 6.07) is 16.7. The molecule has 0 saturated carbocycles. The Labute approximate surface area is 168 Å². The van der Waals surface area contributed by atoms with E-state index in [-0.39, 0.29) is 11.8 Å². The van der Waals surface area contributed by atoms with E-state index in [1.165, 1.54) is 37.1 Å². The number of nitrogens with zero attached hydrogens (tertiary/aromatic N) is 2. The van der Waals surface area contributed by atoms with Gasteiger partial charge in [-0.2, -0.15) is 0 Å². The molecule has 0 spiro atoms. The number of benzene rings is 2. The van der Waals surface area contributed by atoms with E-state index in [4.69, 9.17) is 4.74 Å². The molecule has 1 fully saturated rings. The summed E-state index contributed by atoms with van der Waals surface area (Å²) in [4.78, 5) is 17.6. The third kappa shape index (κ3) is 4.39. The molecule has 2 aromatic rings. The first-order valence-electron chi connectivity index (χ1n) is 10.5. The summed E-state index contributed by atoms with van der Waals surface area (Å²) >= 11 is 0. The van der Waals surface area contributed by atoms with Crippen molar-refractivity contribution in [2.45, 2.75) is 38.8 Å². The van der Waals surface area contributed by atoms with Crippen molar-refractivity contribution in [2.75, 3.05) is 26.7 Å². The van der Waals surface area contributed by atoms with Crippen molar-refractivity contribution in [3.8, 4) is 5.75 Å². The molecule has 4 heteroatoms. The van der Waals surface area contributed by atoms with E-state index in [1.807, 2.05) is 30.1 Å². The molecule has 2 aliphatic heterocycles. The highest BCUT2D eigenvalue weighted by molar-refractivity contribution is 5.79. The summed E-state index contributed by atoms with van der Waals surface area (Å²) < 4.78 is 5.84. The van der Waals surface area contributed by atoms with Gasteiger partial charge in [-0.25, -0.2) is 0 Å². The number of hydrogen-bond donors (Lipinski definition) is 0. The Bertz CT molecular complexity index is 814. The molecule has 28 heavy (non-hydrogen) atoms. The third-order valence-corrected chi connectivity index (χ3v) is 6.01. The maximum atomic E-state index is 13.2. The summed E-state index contributed by atoms with van der Waals surface area (Å²) in [5.41, 5.74) is 3.75. The second-order valence-corrected chi connectivity index (χ2v) is 8.09. The zero-order chi connectivity index (χ0) is 19.3. The standard InChI is InChI=1S/C24H30N2O2/c1-25(17-21-9-2-3-10-22(21)18-26-13-6-7-14-26)24(27)20-12-15-28-23-11-5-4-8-19(23)16-20/h2-5,8-11,20H,6-7,12-18H2,1H3/t20-/m1/s1. The van der Waals surface area contributed by atoms with Crippen LogP contribution < -0.4 is 4.74 Å². The number of carbonyl (C=O) groups excluding carboxylic acids is 1. The monoisotopic (exact) mass is 378 g/mol. The van der Waals surface area contributed by atoms with Gasteiger partial charge in [0.25, 0.3) is 0 Å². The van der Waals surface area contributed by atoms with Crippen molar-refractivity contribution in [1.82, 2.24) is 9.80 Å². The van der Waals surface area contributed by atoms with E-state index in [0.29, 0.717) is 13.2 Å². The van der Waals surface area contributed by atoms with Gasteiger partial charge in [-0.3, -0.25) is 9.69 Å². The number of ether oxygens (including phenoxy) is 1. The molecule has 1 saturated heterocycles. The van der Waals surface area contributed by atoms with Gasteiger partial charge >= 0.3 is 0 Å². The predicted octanol–water partition coefficient (Wildman–Crippen LogP) is 3.88. The van der Waals surface area contributed by atoms with Gasteiger partial charge in [-0.1, -0.05) is 42.5 Å². The molecule has 1 atom stereocenters. The van der Waals surface area contributed by atoms with Gasteiger partial charge in [0.05, 0.1) is 6.61 Å². The van der Waals surface area contributed by atoms with Crippen LogP contribution in [0.5, 0.6) is 5.75 Å². The molecule has 2 aromatic carbocycles. The van der Waals surface area contributed by atoms with E-state index < -0.39 is 0 Å². The zero-order valence-corrected chi connectivity index (χ0v) is 16.8. The third-order valence-electron chi connectivity index (χ3n) is 6.01. The Morgan fingerprint density at radius 3 is 2.61 bits per heavy atom. The van der Waals surface area contributed by atoms with Crippen LogP contribution in [0.25, 0.3) is 0 Å². The van der Waals surface area contributed by atoms with Crippen LogP contribution in [0.1, 0.15) is 36.0 Å². The second kappa shape index (κ2) is 8.78. The van der Waals surface area contributed by atoms with Crippen LogP contribution in [0.4, 0.5) is 0 Å². The van der Waals surface area contributed by atoms with Crippen LogP contribution in [-0.4, -0.2) is 42.5 Å². The highest BCUT2D eigenvalue weighted by Crippen LogP contribution is 2.28. The van der Waals surface area contributed by atoms with Crippen LogP contribution >= 0.6 is 0 Å². The second-order valence-electron chi connectivity index (χ2n) is 8.09. The number of fused-ring (bicyclic) bond motifs is 1. The summed E-state index contributed by atoms with van der Waals surface area (Å²) in [5.74, 6) is 1.13. The summed E-state index contributed by atoms with van der Waals surface area (Å²) in [5, 5.41) is 0. The Hall–Kier alpha value is -2.33. The van der Waals surface area contributed by atoms with E-state index in [1.54, 1.807) is 0 Å². The van der Waals surface area contributed by atoms with Gasteiger partial charge in [0.15, 0.2) is 0 Å². The van der Waals surface area contributed by atoms with Crippen molar-refractivity contribution in [3.63, 3.8) is 0 Å². The minimum Gasteiger partial charge on any atom is -0.493 e. The highest BCUT2D eigenvalue weighted by atomic mass is 16.5. The fourth-order valence-corrected chi connectivity index (χ4v) is 4.40. The normalized spacial score (nSPS) is 19.5. The molecule has 1 amide bonds. The molecular weight excluding hydrogens is 348 g/mol. The van der Waals surface area contributed by atoms with E-state index >= 15 is 0 Å². The first-order valence-corrected chi connectivity index (χ1v) is 10.5. The SMILES string of the molecule is CN(Cc1ccccc1CN1CCCC1)C(=O)[C@@H]1CCOc2ccccc2C1. The van der Waals surface area contributed by atoms with Crippen LogP contribution in [0, 0.1) is 5.92 Å². The minimum atomic E-state index is -0.0144.